The minimum absolute atomic E-state index is 0.190. The largest absolute Gasteiger partial charge is 0.495 e. The molecule has 0 spiro atoms. The molecule has 1 amide bonds. The number of carbonyl (C=O) groups is 1. The van der Waals surface area contributed by atoms with Gasteiger partial charge >= 0.3 is 0 Å². The number of carbonyl (C=O) groups excluding carboxylic acids is 1. The van der Waals surface area contributed by atoms with E-state index in [1.165, 1.54) is 0 Å². The van der Waals surface area contributed by atoms with Gasteiger partial charge in [-0.1, -0.05) is 48.0 Å². The Kier molecular flexibility index (Phi) is 7.01. The fourth-order valence-corrected chi connectivity index (χ4v) is 4.81. The van der Waals surface area contributed by atoms with Crippen molar-refractivity contribution in [1.82, 2.24) is 15.3 Å². The van der Waals surface area contributed by atoms with Crippen LogP contribution >= 0.6 is 11.6 Å². The Morgan fingerprint density at radius 1 is 1.14 bits per heavy atom. The van der Waals surface area contributed by atoms with E-state index < -0.39 is 0 Å². The SMILES string of the molecule is COc1ccc(COc2nc(N3C4CCC3COC4)ncc2C(=O)NCc2ccccc2)cc1Cl. The predicted octanol–water partition coefficient (Wildman–Crippen LogP) is 4.02. The molecule has 2 fully saturated rings. The van der Waals surface area contributed by atoms with Crippen LogP contribution in [0.1, 0.15) is 34.3 Å². The van der Waals surface area contributed by atoms with Crippen molar-refractivity contribution < 1.29 is 19.0 Å². The fourth-order valence-electron chi connectivity index (χ4n) is 4.53. The number of aromatic nitrogens is 2. The number of benzene rings is 2. The van der Waals surface area contributed by atoms with Crippen molar-refractivity contribution in [1.29, 1.82) is 0 Å². The highest BCUT2D eigenvalue weighted by atomic mass is 35.5. The average molecular weight is 495 g/mol. The summed E-state index contributed by atoms with van der Waals surface area (Å²) in [6, 6.07) is 15.6. The molecule has 1 aromatic heterocycles. The molecule has 0 radical (unpaired) electrons. The number of rotatable bonds is 8. The summed E-state index contributed by atoms with van der Waals surface area (Å²) in [7, 11) is 1.57. The molecule has 2 unspecified atom stereocenters. The van der Waals surface area contributed by atoms with Gasteiger partial charge < -0.3 is 24.4 Å². The minimum Gasteiger partial charge on any atom is -0.495 e. The summed E-state index contributed by atoms with van der Waals surface area (Å²) in [6.45, 7) is 1.89. The summed E-state index contributed by atoms with van der Waals surface area (Å²) >= 11 is 6.27. The Bertz CT molecular complexity index is 1180. The van der Waals surface area contributed by atoms with Crippen LogP contribution in [0.2, 0.25) is 5.02 Å². The van der Waals surface area contributed by atoms with Crippen LogP contribution in [0.15, 0.2) is 54.7 Å². The van der Waals surface area contributed by atoms with Gasteiger partial charge in [-0.15, -0.1) is 0 Å². The Hall–Kier alpha value is -3.36. The van der Waals surface area contributed by atoms with Gasteiger partial charge in [-0.25, -0.2) is 4.98 Å². The Labute approximate surface area is 209 Å². The number of morpholine rings is 1. The van der Waals surface area contributed by atoms with Gasteiger partial charge in [0.1, 0.15) is 17.9 Å². The van der Waals surface area contributed by atoms with Crippen LogP contribution in [0.5, 0.6) is 11.6 Å². The van der Waals surface area contributed by atoms with E-state index in [1.807, 2.05) is 36.4 Å². The number of hydrogen-bond donors (Lipinski definition) is 1. The summed E-state index contributed by atoms with van der Waals surface area (Å²) in [5.41, 5.74) is 2.11. The first kappa shape index (κ1) is 23.4. The van der Waals surface area contributed by atoms with Crippen molar-refractivity contribution >= 4 is 23.5 Å². The number of hydrogen-bond acceptors (Lipinski definition) is 7. The number of halogens is 1. The summed E-state index contributed by atoms with van der Waals surface area (Å²) in [4.78, 5) is 24.5. The van der Waals surface area contributed by atoms with E-state index >= 15 is 0 Å². The maximum absolute atomic E-state index is 13.1. The van der Waals surface area contributed by atoms with E-state index in [9.17, 15) is 4.79 Å². The second-order valence-corrected chi connectivity index (χ2v) is 9.05. The lowest BCUT2D eigenvalue weighted by Gasteiger charge is -2.34. The van der Waals surface area contributed by atoms with Crippen LogP contribution in [0.4, 0.5) is 5.95 Å². The summed E-state index contributed by atoms with van der Waals surface area (Å²) in [5, 5.41) is 3.43. The molecule has 2 bridgehead atoms. The number of nitrogens with one attached hydrogen (secondary N) is 1. The number of anilines is 1. The molecule has 3 heterocycles. The van der Waals surface area contributed by atoms with Gasteiger partial charge in [-0.2, -0.15) is 4.98 Å². The first-order chi connectivity index (χ1) is 17.1. The zero-order valence-corrected chi connectivity index (χ0v) is 20.2. The summed E-state index contributed by atoms with van der Waals surface area (Å²) in [5.74, 6) is 1.08. The normalized spacial score (nSPS) is 18.9. The van der Waals surface area contributed by atoms with Crippen LogP contribution in [0.3, 0.4) is 0 Å². The quantitative estimate of drug-likeness (QED) is 0.506. The number of fused-ring (bicyclic) bond motifs is 2. The number of nitrogens with zero attached hydrogens (tertiary/aromatic N) is 3. The predicted molar refractivity (Wildman–Crippen MR) is 132 cm³/mol. The molecular weight excluding hydrogens is 468 g/mol. The zero-order valence-electron chi connectivity index (χ0n) is 19.4. The standard InChI is InChI=1S/C26H27ClN4O4/c1-33-23-10-7-18(11-22(23)27)14-35-25-21(24(32)28-12-17-5-3-2-4-6-17)13-29-26(30-25)31-19-8-9-20(31)16-34-15-19/h2-7,10-11,13,19-20H,8-9,12,14-16H2,1H3,(H,28,32). The number of ether oxygens (including phenoxy) is 3. The van der Waals surface area contributed by atoms with Gasteiger partial charge in [-0.05, 0) is 36.1 Å². The van der Waals surface area contributed by atoms with Crippen molar-refractivity contribution in [3.05, 3.63) is 76.4 Å². The van der Waals surface area contributed by atoms with Crippen molar-refractivity contribution in [3.63, 3.8) is 0 Å². The minimum atomic E-state index is -0.298. The molecule has 3 aromatic rings. The van der Waals surface area contributed by atoms with Gasteiger partial charge in [0.05, 0.1) is 37.4 Å². The third-order valence-corrected chi connectivity index (χ3v) is 6.64. The third-order valence-electron chi connectivity index (χ3n) is 6.34. The molecule has 2 saturated heterocycles. The van der Waals surface area contributed by atoms with Gasteiger partial charge in [0.15, 0.2) is 0 Å². The van der Waals surface area contributed by atoms with E-state index in [4.69, 9.17) is 30.8 Å². The average Bonchev–Trinajstić information content (AvgIpc) is 3.14. The molecule has 35 heavy (non-hydrogen) atoms. The van der Waals surface area contributed by atoms with Gasteiger partial charge in [0.2, 0.25) is 11.8 Å². The number of amides is 1. The smallest absolute Gasteiger partial charge is 0.258 e. The maximum Gasteiger partial charge on any atom is 0.258 e. The highest BCUT2D eigenvalue weighted by Gasteiger charge is 2.39. The number of methoxy groups -OCH3 is 1. The molecule has 8 nitrogen and oxygen atoms in total. The van der Waals surface area contributed by atoms with Crippen molar-refractivity contribution in [2.24, 2.45) is 0 Å². The van der Waals surface area contributed by atoms with Gasteiger partial charge in [-0.3, -0.25) is 4.79 Å². The van der Waals surface area contributed by atoms with Crippen molar-refractivity contribution in [3.8, 4) is 11.6 Å². The Balaban J connectivity index is 1.39. The Morgan fingerprint density at radius 2 is 1.91 bits per heavy atom. The van der Waals surface area contributed by atoms with Crippen molar-refractivity contribution in [2.75, 3.05) is 25.2 Å². The third kappa shape index (κ3) is 5.18. The maximum atomic E-state index is 13.1. The second kappa shape index (κ2) is 10.5. The molecule has 2 aromatic carbocycles. The topological polar surface area (TPSA) is 85.8 Å². The summed E-state index contributed by atoms with van der Waals surface area (Å²) < 4.78 is 17.0. The van der Waals surface area contributed by atoms with Crippen LogP contribution in [-0.2, 0) is 17.9 Å². The van der Waals surface area contributed by atoms with Crippen LogP contribution in [-0.4, -0.2) is 48.3 Å². The molecular formula is C26H27ClN4O4. The molecule has 9 heteroatoms. The molecule has 2 atom stereocenters. The van der Waals surface area contributed by atoms with Crippen molar-refractivity contribution in [2.45, 2.75) is 38.1 Å². The van der Waals surface area contributed by atoms with E-state index in [1.54, 1.807) is 25.4 Å². The van der Waals surface area contributed by atoms with E-state index in [-0.39, 0.29) is 36.0 Å². The van der Waals surface area contributed by atoms with Gasteiger partial charge in [0, 0.05) is 12.7 Å². The molecule has 1 N–H and O–H groups in total. The first-order valence-electron chi connectivity index (χ1n) is 11.6. The molecule has 2 aliphatic heterocycles. The van der Waals surface area contributed by atoms with Crippen LogP contribution < -0.4 is 19.7 Å². The molecule has 0 aliphatic carbocycles. The molecule has 182 valence electrons. The second-order valence-electron chi connectivity index (χ2n) is 8.64. The van der Waals surface area contributed by atoms with E-state index in [2.05, 4.69) is 15.2 Å². The van der Waals surface area contributed by atoms with E-state index in [0.717, 1.165) is 24.0 Å². The van der Waals surface area contributed by atoms with Gasteiger partial charge in [0.25, 0.3) is 5.91 Å². The summed E-state index contributed by atoms with van der Waals surface area (Å²) in [6.07, 6.45) is 3.62. The lowest BCUT2D eigenvalue weighted by molar-refractivity contribution is 0.0894. The lowest BCUT2D eigenvalue weighted by Crippen LogP contribution is -2.46. The molecule has 0 saturated carbocycles. The lowest BCUT2D eigenvalue weighted by atomic mass is 10.2. The molecule has 2 aliphatic rings. The molecule has 5 rings (SSSR count). The monoisotopic (exact) mass is 494 g/mol. The zero-order chi connectivity index (χ0) is 24.2. The van der Waals surface area contributed by atoms with Crippen LogP contribution in [0, 0.1) is 0 Å². The van der Waals surface area contributed by atoms with E-state index in [0.29, 0.717) is 36.5 Å². The Morgan fingerprint density at radius 3 is 2.63 bits per heavy atom. The van der Waals surface area contributed by atoms with Crippen LogP contribution in [0.25, 0.3) is 0 Å². The highest BCUT2D eigenvalue weighted by molar-refractivity contribution is 6.32. The first-order valence-corrected chi connectivity index (χ1v) is 12.0. The highest BCUT2D eigenvalue weighted by Crippen LogP contribution is 2.33. The fraction of sp³-hybridized carbons (Fsp3) is 0.346.